The Morgan fingerprint density at radius 1 is 1.05 bits per heavy atom. The second kappa shape index (κ2) is 11.7. The quantitative estimate of drug-likeness (QED) is 0.422. The first-order valence-corrected chi connectivity index (χ1v) is 12.8. The van der Waals surface area contributed by atoms with Crippen LogP contribution < -0.4 is 5.32 Å². The lowest BCUT2D eigenvalue weighted by molar-refractivity contribution is -0.139. The number of amides is 3. The zero-order valence-corrected chi connectivity index (χ0v) is 22.3. The number of nitrogens with one attached hydrogen (secondary N) is 1. The van der Waals surface area contributed by atoms with E-state index in [1.165, 1.54) is 48.3 Å². The third kappa shape index (κ3) is 6.11. The maximum atomic E-state index is 13.3. The molecule has 4 rings (SSSR count). The highest BCUT2D eigenvalue weighted by Gasteiger charge is 2.39. The van der Waals surface area contributed by atoms with Crippen molar-refractivity contribution >= 4 is 17.9 Å². The molecule has 214 valence electrons. The fraction of sp³-hybridized carbons (Fsp3) is 0.393. The van der Waals surface area contributed by atoms with E-state index in [-0.39, 0.29) is 30.7 Å². The molecule has 0 aliphatic carbocycles. The van der Waals surface area contributed by atoms with Crippen molar-refractivity contribution < 1.29 is 36.7 Å². The topological polar surface area (TPSA) is 82.2 Å². The standard InChI is InChI=1S/C28H30F4N4O4/c1-4-40-26(38)23-22(34(3)27(39)33-24(23)18-5-9-20(10-6-18)28(30,31)32)16-35-13-14-36(17(2)15-35)25(37)19-7-11-21(29)12-8-19/h5-12,17,24H,4,13-16H2,1-3H3,(H,33,39)/t17-,24-/m1/s1. The van der Waals surface area contributed by atoms with Crippen molar-refractivity contribution in [2.24, 2.45) is 0 Å². The molecule has 8 nitrogen and oxygen atoms in total. The molecule has 40 heavy (non-hydrogen) atoms. The maximum absolute atomic E-state index is 13.3. The molecule has 1 N–H and O–H groups in total. The lowest BCUT2D eigenvalue weighted by Crippen LogP contribution is -2.56. The van der Waals surface area contributed by atoms with E-state index >= 15 is 0 Å². The number of likely N-dealkylation sites (N-methyl/N-ethyl adjacent to an activating group) is 1. The van der Waals surface area contributed by atoms with Crippen molar-refractivity contribution in [1.29, 1.82) is 0 Å². The highest BCUT2D eigenvalue weighted by atomic mass is 19.4. The molecule has 2 aliphatic rings. The van der Waals surface area contributed by atoms with Crippen molar-refractivity contribution in [2.45, 2.75) is 32.1 Å². The number of rotatable bonds is 6. The molecule has 3 amide bonds. The van der Waals surface area contributed by atoms with Crippen LogP contribution in [0.3, 0.4) is 0 Å². The van der Waals surface area contributed by atoms with Gasteiger partial charge in [-0.15, -0.1) is 0 Å². The largest absolute Gasteiger partial charge is 0.463 e. The van der Waals surface area contributed by atoms with Gasteiger partial charge in [-0.25, -0.2) is 14.0 Å². The van der Waals surface area contributed by atoms with Gasteiger partial charge in [-0.05, 0) is 55.8 Å². The SMILES string of the molecule is CCOC(=O)C1=C(CN2CCN(C(=O)c3ccc(F)cc3)[C@H](C)C2)N(C)C(=O)N[C@@H]1c1ccc(C(F)(F)F)cc1. The molecule has 12 heteroatoms. The van der Waals surface area contributed by atoms with Crippen molar-refractivity contribution in [3.05, 3.63) is 82.3 Å². The van der Waals surface area contributed by atoms with Crippen LogP contribution in [-0.2, 0) is 15.7 Å². The Labute approximate surface area is 229 Å². The van der Waals surface area contributed by atoms with Gasteiger partial charge in [0.2, 0.25) is 0 Å². The minimum atomic E-state index is -4.53. The van der Waals surface area contributed by atoms with E-state index in [1.807, 2.05) is 11.8 Å². The van der Waals surface area contributed by atoms with Crippen LogP contribution in [0.5, 0.6) is 0 Å². The summed E-state index contributed by atoms with van der Waals surface area (Å²) >= 11 is 0. The fourth-order valence-electron chi connectivity index (χ4n) is 4.96. The maximum Gasteiger partial charge on any atom is 0.416 e. The molecule has 0 aromatic heterocycles. The summed E-state index contributed by atoms with van der Waals surface area (Å²) in [4.78, 5) is 44.1. The van der Waals surface area contributed by atoms with E-state index in [4.69, 9.17) is 4.74 Å². The Morgan fingerprint density at radius 3 is 2.27 bits per heavy atom. The van der Waals surface area contributed by atoms with Gasteiger partial charge in [-0.3, -0.25) is 14.6 Å². The summed E-state index contributed by atoms with van der Waals surface area (Å²) in [6.07, 6.45) is -4.53. The number of halogens is 4. The molecule has 1 saturated heterocycles. The number of nitrogens with zero attached hydrogens (tertiary/aromatic N) is 3. The first kappa shape index (κ1) is 29.1. The van der Waals surface area contributed by atoms with Gasteiger partial charge in [0.05, 0.1) is 23.8 Å². The molecule has 2 aromatic rings. The zero-order valence-electron chi connectivity index (χ0n) is 22.3. The van der Waals surface area contributed by atoms with Crippen molar-refractivity contribution in [2.75, 3.05) is 39.8 Å². The van der Waals surface area contributed by atoms with Crippen LogP contribution >= 0.6 is 0 Å². The molecule has 2 atom stereocenters. The van der Waals surface area contributed by atoms with E-state index in [0.29, 0.717) is 36.5 Å². The van der Waals surface area contributed by atoms with Crippen LogP contribution in [0.15, 0.2) is 59.8 Å². The van der Waals surface area contributed by atoms with Crippen LogP contribution in [0.2, 0.25) is 0 Å². The summed E-state index contributed by atoms with van der Waals surface area (Å²) in [5.74, 6) is -1.35. The molecule has 0 radical (unpaired) electrons. The first-order valence-electron chi connectivity index (χ1n) is 12.8. The van der Waals surface area contributed by atoms with Crippen molar-refractivity contribution in [3.63, 3.8) is 0 Å². The number of urea groups is 1. The predicted octanol–water partition coefficient (Wildman–Crippen LogP) is 4.20. The Kier molecular flexibility index (Phi) is 8.48. The molecule has 2 heterocycles. The number of benzene rings is 2. The van der Waals surface area contributed by atoms with Crippen LogP contribution in [-0.4, -0.2) is 78.5 Å². The van der Waals surface area contributed by atoms with E-state index in [0.717, 1.165) is 12.1 Å². The summed E-state index contributed by atoms with van der Waals surface area (Å²) in [5.41, 5.74) is 0.313. The Balaban J connectivity index is 1.60. The molecule has 0 saturated carbocycles. The normalized spacial score (nSPS) is 20.4. The van der Waals surface area contributed by atoms with Gasteiger partial charge in [-0.2, -0.15) is 13.2 Å². The van der Waals surface area contributed by atoms with E-state index < -0.39 is 35.6 Å². The van der Waals surface area contributed by atoms with Gasteiger partial charge in [0.1, 0.15) is 5.82 Å². The minimum Gasteiger partial charge on any atom is -0.463 e. The summed E-state index contributed by atoms with van der Waals surface area (Å²) in [6.45, 7) is 4.94. The highest BCUT2D eigenvalue weighted by Crippen LogP contribution is 2.34. The van der Waals surface area contributed by atoms with Gasteiger partial charge in [0, 0.05) is 50.5 Å². The lowest BCUT2D eigenvalue weighted by Gasteiger charge is -2.42. The zero-order chi connectivity index (χ0) is 29.2. The van der Waals surface area contributed by atoms with Gasteiger partial charge < -0.3 is 15.0 Å². The molecule has 0 bridgehead atoms. The molecule has 0 spiro atoms. The average Bonchev–Trinajstić information content (AvgIpc) is 2.91. The number of piperazine rings is 1. The van der Waals surface area contributed by atoms with Gasteiger partial charge >= 0.3 is 18.2 Å². The summed E-state index contributed by atoms with van der Waals surface area (Å²) < 4.78 is 57.9. The third-order valence-corrected chi connectivity index (χ3v) is 7.08. The molecular formula is C28H30F4N4O4. The minimum absolute atomic E-state index is 0.0637. The number of hydrogen-bond donors (Lipinski definition) is 1. The molecule has 2 aliphatic heterocycles. The monoisotopic (exact) mass is 562 g/mol. The van der Waals surface area contributed by atoms with Crippen LogP contribution in [0.25, 0.3) is 0 Å². The highest BCUT2D eigenvalue weighted by molar-refractivity contribution is 5.95. The van der Waals surface area contributed by atoms with Gasteiger partial charge in [-0.1, -0.05) is 12.1 Å². The molecule has 0 unspecified atom stereocenters. The Bertz CT molecular complexity index is 1290. The first-order chi connectivity index (χ1) is 18.9. The van der Waals surface area contributed by atoms with Crippen LogP contribution in [0, 0.1) is 5.82 Å². The van der Waals surface area contributed by atoms with E-state index in [1.54, 1.807) is 11.8 Å². The van der Waals surface area contributed by atoms with Crippen molar-refractivity contribution in [3.8, 4) is 0 Å². The number of hydrogen-bond acceptors (Lipinski definition) is 5. The summed E-state index contributed by atoms with van der Waals surface area (Å²) in [7, 11) is 1.50. The number of esters is 1. The summed E-state index contributed by atoms with van der Waals surface area (Å²) in [6, 6.07) is 7.84. The Morgan fingerprint density at radius 2 is 1.70 bits per heavy atom. The number of alkyl halides is 3. The number of ether oxygens (including phenoxy) is 1. The summed E-state index contributed by atoms with van der Waals surface area (Å²) in [5, 5.41) is 2.70. The van der Waals surface area contributed by atoms with Crippen LogP contribution in [0.4, 0.5) is 22.4 Å². The predicted molar refractivity (Wildman–Crippen MR) is 137 cm³/mol. The van der Waals surface area contributed by atoms with Gasteiger partial charge in [0.25, 0.3) is 5.91 Å². The number of carbonyl (C=O) groups is 3. The van der Waals surface area contributed by atoms with Crippen molar-refractivity contribution in [1.82, 2.24) is 20.0 Å². The fourth-order valence-corrected chi connectivity index (χ4v) is 4.96. The van der Waals surface area contributed by atoms with E-state index in [2.05, 4.69) is 5.32 Å². The van der Waals surface area contributed by atoms with Crippen LogP contribution in [0.1, 0.15) is 41.4 Å². The second-order valence-corrected chi connectivity index (χ2v) is 9.73. The lowest BCUT2D eigenvalue weighted by atomic mass is 9.93. The van der Waals surface area contributed by atoms with Gasteiger partial charge in [0.15, 0.2) is 0 Å². The third-order valence-electron chi connectivity index (χ3n) is 7.08. The Hall–Kier alpha value is -3.93. The smallest absolute Gasteiger partial charge is 0.416 e. The molecular weight excluding hydrogens is 532 g/mol. The molecule has 1 fully saturated rings. The average molecular weight is 563 g/mol. The second-order valence-electron chi connectivity index (χ2n) is 9.73. The number of carbonyl (C=O) groups excluding carboxylic acids is 3. The van der Waals surface area contributed by atoms with E-state index in [9.17, 15) is 31.9 Å². The molecule has 2 aromatic carbocycles.